The van der Waals surface area contributed by atoms with Crippen molar-refractivity contribution in [3.63, 3.8) is 0 Å². The predicted octanol–water partition coefficient (Wildman–Crippen LogP) is 4.28. The second-order valence-corrected chi connectivity index (χ2v) is 10.1. The van der Waals surface area contributed by atoms with Gasteiger partial charge in [0.2, 0.25) is 5.91 Å². The fraction of sp³-hybridized carbons (Fsp3) is 0.464. The zero-order valence-corrected chi connectivity index (χ0v) is 22.0. The molecule has 0 radical (unpaired) electrons. The largest absolute Gasteiger partial charge is 0.444 e. The van der Waals surface area contributed by atoms with Crippen LogP contribution in [0.1, 0.15) is 60.7 Å². The van der Waals surface area contributed by atoms with E-state index in [1.54, 1.807) is 36.4 Å². The van der Waals surface area contributed by atoms with Crippen LogP contribution < -0.4 is 16.0 Å². The van der Waals surface area contributed by atoms with Crippen LogP contribution in [-0.2, 0) is 9.47 Å². The fourth-order valence-electron chi connectivity index (χ4n) is 4.06. The number of nitrogens with two attached hydrogens (primary N) is 1. The summed E-state index contributed by atoms with van der Waals surface area (Å²) in [7, 11) is 0. The molecule has 200 valence electrons. The van der Waals surface area contributed by atoms with E-state index < -0.39 is 11.7 Å². The summed E-state index contributed by atoms with van der Waals surface area (Å²) in [5.41, 5.74) is 7.56. The summed E-state index contributed by atoms with van der Waals surface area (Å²) in [6.07, 6.45) is 2.85. The van der Waals surface area contributed by atoms with Crippen molar-refractivity contribution < 1.29 is 23.9 Å². The lowest BCUT2D eigenvalue weighted by molar-refractivity contribution is 0.0635. The second kappa shape index (κ2) is 13.1. The molecule has 2 aromatic carbocycles. The molecule has 3 N–H and O–H groups in total. The van der Waals surface area contributed by atoms with E-state index in [0.717, 1.165) is 57.9 Å². The Labute approximate surface area is 218 Å². The average Bonchev–Trinajstić information content (AvgIpc) is 2.89. The van der Waals surface area contributed by atoms with Gasteiger partial charge in [0.1, 0.15) is 5.60 Å². The molecule has 0 spiro atoms. The Morgan fingerprint density at radius 2 is 1.41 bits per heavy atom. The molecule has 0 aliphatic carbocycles. The molecule has 9 heteroatoms. The third kappa shape index (κ3) is 9.09. The van der Waals surface area contributed by atoms with Crippen molar-refractivity contribution in [1.29, 1.82) is 0 Å². The topological polar surface area (TPSA) is 114 Å². The van der Waals surface area contributed by atoms with Crippen molar-refractivity contribution in [2.24, 2.45) is 5.73 Å². The number of ether oxygens (including phenoxy) is 2. The summed E-state index contributed by atoms with van der Waals surface area (Å²) in [4.78, 5) is 39.0. The van der Waals surface area contributed by atoms with Crippen molar-refractivity contribution in [3.05, 3.63) is 59.7 Å². The smallest absolute Gasteiger partial charge is 0.412 e. The number of carbonyl (C=O) groups excluding carboxylic acids is 3. The Morgan fingerprint density at radius 3 is 1.95 bits per heavy atom. The molecule has 0 unspecified atom stereocenters. The maximum Gasteiger partial charge on any atom is 0.412 e. The molecule has 0 bridgehead atoms. The quantitative estimate of drug-likeness (QED) is 0.635. The second-order valence-electron chi connectivity index (χ2n) is 10.1. The van der Waals surface area contributed by atoms with Gasteiger partial charge in [-0.15, -0.1) is 0 Å². The summed E-state index contributed by atoms with van der Waals surface area (Å²) < 4.78 is 10.5. The molecule has 0 saturated carbocycles. The van der Waals surface area contributed by atoms with Crippen LogP contribution in [0.3, 0.4) is 0 Å². The van der Waals surface area contributed by atoms with Gasteiger partial charge in [-0.2, -0.15) is 0 Å². The number of hydrogen-bond acceptors (Lipinski definition) is 6. The normalized spacial score (nSPS) is 15.8. The molecule has 2 saturated heterocycles. The molecule has 4 rings (SSSR count). The van der Waals surface area contributed by atoms with Crippen LogP contribution in [0.15, 0.2) is 48.5 Å². The van der Waals surface area contributed by atoms with Crippen LogP contribution in [0.5, 0.6) is 0 Å². The summed E-state index contributed by atoms with van der Waals surface area (Å²) >= 11 is 0. The maximum atomic E-state index is 12.3. The van der Waals surface area contributed by atoms with Crippen LogP contribution in [-0.4, -0.2) is 67.8 Å². The van der Waals surface area contributed by atoms with Gasteiger partial charge in [0, 0.05) is 48.7 Å². The van der Waals surface area contributed by atoms with E-state index in [1.807, 2.05) is 37.8 Å². The number of nitrogens with zero attached hydrogens (tertiary/aromatic N) is 2. The van der Waals surface area contributed by atoms with Gasteiger partial charge in [0.05, 0.1) is 13.2 Å². The van der Waals surface area contributed by atoms with Crippen molar-refractivity contribution in [2.45, 2.75) is 45.6 Å². The minimum atomic E-state index is -0.533. The van der Waals surface area contributed by atoms with Crippen molar-refractivity contribution in [3.8, 4) is 0 Å². The fourth-order valence-corrected chi connectivity index (χ4v) is 4.06. The standard InChI is InChI=1S/C17H24N2O3.C11H14N2O2/c1-17(2,3)22-16(21)18-14-9-7-13(8-10-14)15(20)19-11-5-4-6-12-19;12-11(14)9-1-3-10(4-2-9)13-5-7-15-8-6-13/h7-10H,4-6,11-12H2,1-3H3,(H,18,21);1-4H,5-8H2,(H2,12,14). The molecular formula is C28H38N4O5. The van der Waals surface area contributed by atoms with E-state index in [4.69, 9.17) is 15.2 Å². The summed E-state index contributed by atoms with van der Waals surface area (Å²) in [6, 6.07) is 14.3. The van der Waals surface area contributed by atoms with E-state index >= 15 is 0 Å². The third-order valence-electron chi connectivity index (χ3n) is 5.95. The van der Waals surface area contributed by atoms with Gasteiger partial charge in [0.25, 0.3) is 5.91 Å². The van der Waals surface area contributed by atoms with Gasteiger partial charge in [-0.1, -0.05) is 0 Å². The Morgan fingerprint density at radius 1 is 0.838 bits per heavy atom. The first-order valence-electron chi connectivity index (χ1n) is 12.7. The Bertz CT molecular complexity index is 1040. The van der Waals surface area contributed by atoms with Gasteiger partial charge in [-0.05, 0) is 88.6 Å². The molecular weight excluding hydrogens is 472 g/mol. The van der Waals surface area contributed by atoms with E-state index in [1.165, 1.54) is 6.42 Å². The highest BCUT2D eigenvalue weighted by molar-refractivity contribution is 5.95. The number of rotatable bonds is 4. The molecule has 0 aromatic heterocycles. The highest BCUT2D eigenvalue weighted by Gasteiger charge is 2.19. The molecule has 2 fully saturated rings. The molecule has 2 aliphatic heterocycles. The Balaban J connectivity index is 0.000000220. The van der Waals surface area contributed by atoms with Crippen LogP contribution in [0.4, 0.5) is 16.2 Å². The molecule has 2 aromatic rings. The summed E-state index contributed by atoms with van der Waals surface area (Å²) in [5.74, 6) is -0.327. The zero-order valence-electron chi connectivity index (χ0n) is 22.0. The van der Waals surface area contributed by atoms with Crippen LogP contribution >= 0.6 is 0 Å². The van der Waals surface area contributed by atoms with Gasteiger partial charge >= 0.3 is 6.09 Å². The molecule has 2 aliphatic rings. The number of carbonyl (C=O) groups is 3. The Hall–Kier alpha value is -3.59. The number of primary amides is 1. The summed E-state index contributed by atoms with van der Waals surface area (Å²) in [5, 5.41) is 2.66. The molecule has 3 amide bonds. The van der Waals surface area contributed by atoms with E-state index in [9.17, 15) is 14.4 Å². The Kier molecular flexibility index (Phi) is 9.91. The number of likely N-dealkylation sites (tertiary alicyclic amines) is 1. The number of hydrogen-bond donors (Lipinski definition) is 2. The monoisotopic (exact) mass is 510 g/mol. The van der Waals surface area contributed by atoms with Gasteiger partial charge in [0.15, 0.2) is 0 Å². The number of amides is 3. The number of morpholine rings is 1. The highest BCUT2D eigenvalue weighted by atomic mass is 16.6. The molecule has 2 heterocycles. The SMILES string of the molecule is CC(C)(C)OC(=O)Nc1ccc(C(=O)N2CCCCC2)cc1.NC(=O)c1ccc(N2CCOCC2)cc1. The average molecular weight is 511 g/mol. The minimum absolute atomic E-state index is 0.0588. The number of piperidine rings is 1. The van der Waals surface area contributed by atoms with Crippen molar-refractivity contribution in [2.75, 3.05) is 49.6 Å². The van der Waals surface area contributed by atoms with Gasteiger partial charge in [-0.25, -0.2) is 4.79 Å². The molecule has 0 atom stereocenters. The van der Waals surface area contributed by atoms with Crippen LogP contribution in [0.2, 0.25) is 0 Å². The number of anilines is 2. The lowest BCUT2D eigenvalue weighted by atomic mass is 10.1. The first-order chi connectivity index (χ1) is 17.6. The summed E-state index contributed by atoms with van der Waals surface area (Å²) in [6.45, 7) is 10.4. The number of nitrogens with one attached hydrogen (secondary N) is 1. The van der Waals surface area contributed by atoms with E-state index in [0.29, 0.717) is 16.8 Å². The van der Waals surface area contributed by atoms with Crippen LogP contribution in [0, 0.1) is 0 Å². The predicted molar refractivity (Wildman–Crippen MR) is 144 cm³/mol. The van der Waals surface area contributed by atoms with Crippen molar-refractivity contribution >= 4 is 29.3 Å². The molecule has 37 heavy (non-hydrogen) atoms. The van der Waals surface area contributed by atoms with Gasteiger partial charge in [-0.3, -0.25) is 14.9 Å². The minimum Gasteiger partial charge on any atom is -0.444 e. The maximum absolute atomic E-state index is 12.3. The first-order valence-corrected chi connectivity index (χ1v) is 12.7. The van der Waals surface area contributed by atoms with Crippen molar-refractivity contribution in [1.82, 2.24) is 4.90 Å². The lowest BCUT2D eigenvalue weighted by Crippen LogP contribution is -2.36. The lowest BCUT2D eigenvalue weighted by Gasteiger charge is -2.28. The highest BCUT2D eigenvalue weighted by Crippen LogP contribution is 2.17. The zero-order chi connectivity index (χ0) is 26.8. The molecule has 9 nitrogen and oxygen atoms in total. The number of benzene rings is 2. The van der Waals surface area contributed by atoms with Gasteiger partial charge < -0.3 is 25.0 Å². The van der Waals surface area contributed by atoms with E-state index in [-0.39, 0.29) is 11.8 Å². The first kappa shape index (κ1) is 28.0. The van der Waals surface area contributed by atoms with E-state index in [2.05, 4.69) is 10.2 Å². The third-order valence-corrected chi connectivity index (χ3v) is 5.95. The van der Waals surface area contributed by atoms with Crippen LogP contribution in [0.25, 0.3) is 0 Å².